The number of esters is 2. The molecule has 1 aromatic carbocycles. The van der Waals surface area contributed by atoms with Crippen molar-refractivity contribution in [1.82, 2.24) is 5.32 Å². The van der Waals surface area contributed by atoms with Crippen molar-refractivity contribution in [3.8, 4) is 0 Å². The van der Waals surface area contributed by atoms with Gasteiger partial charge in [0.1, 0.15) is 12.2 Å². The van der Waals surface area contributed by atoms with E-state index in [2.05, 4.69) is 5.32 Å². The van der Waals surface area contributed by atoms with Crippen molar-refractivity contribution >= 4 is 17.7 Å². The van der Waals surface area contributed by atoms with E-state index >= 15 is 0 Å². The Kier molecular flexibility index (Phi) is 9.91. The zero-order chi connectivity index (χ0) is 21.1. The Hall–Kier alpha value is -2.71. The van der Waals surface area contributed by atoms with Gasteiger partial charge in [-0.25, -0.2) is 4.79 Å². The lowest BCUT2D eigenvalue weighted by Gasteiger charge is -2.24. The van der Waals surface area contributed by atoms with Gasteiger partial charge in [0, 0.05) is 19.9 Å². The summed E-state index contributed by atoms with van der Waals surface area (Å²) in [4.78, 5) is 37.1. The summed E-state index contributed by atoms with van der Waals surface area (Å²) in [7, 11) is 2.74. The topological polar surface area (TPSA) is 100 Å². The molecular weight excluding hydrogens is 366 g/mol. The fourth-order valence-corrected chi connectivity index (χ4v) is 2.38. The normalized spacial score (nSPS) is 12.8. The SMILES string of the molecule is CCOC(=O)C(C)C(NC(OC)OC)=C(C(C)=O)C(=O)OCc1ccccc1. The van der Waals surface area contributed by atoms with Crippen LogP contribution in [0.4, 0.5) is 0 Å². The van der Waals surface area contributed by atoms with Crippen LogP contribution in [0.3, 0.4) is 0 Å². The van der Waals surface area contributed by atoms with Gasteiger partial charge in [0.15, 0.2) is 5.78 Å². The first-order valence-corrected chi connectivity index (χ1v) is 8.80. The summed E-state index contributed by atoms with van der Waals surface area (Å²) < 4.78 is 20.4. The minimum Gasteiger partial charge on any atom is -0.465 e. The second kappa shape index (κ2) is 11.9. The van der Waals surface area contributed by atoms with E-state index in [0.717, 1.165) is 5.56 Å². The predicted octanol–water partition coefficient (Wildman–Crippen LogP) is 1.94. The van der Waals surface area contributed by atoms with Gasteiger partial charge in [-0.2, -0.15) is 0 Å². The van der Waals surface area contributed by atoms with Crippen molar-refractivity contribution in [3.63, 3.8) is 0 Å². The van der Waals surface area contributed by atoms with Crippen LogP contribution >= 0.6 is 0 Å². The number of benzene rings is 1. The van der Waals surface area contributed by atoms with E-state index in [1.165, 1.54) is 28.1 Å². The molecule has 0 aliphatic rings. The number of ketones is 1. The molecular formula is C20H27NO7. The smallest absolute Gasteiger partial charge is 0.343 e. The minimum atomic E-state index is -0.983. The quantitative estimate of drug-likeness (QED) is 0.200. The molecule has 8 heteroatoms. The number of methoxy groups -OCH3 is 2. The summed E-state index contributed by atoms with van der Waals surface area (Å²) in [5.41, 5.74) is 0.478. The first-order chi connectivity index (χ1) is 13.3. The minimum absolute atomic E-state index is 0.0118. The van der Waals surface area contributed by atoms with Crippen molar-refractivity contribution in [3.05, 3.63) is 47.2 Å². The van der Waals surface area contributed by atoms with E-state index in [0.29, 0.717) is 0 Å². The van der Waals surface area contributed by atoms with Crippen LogP contribution in [0.25, 0.3) is 0 Å². The van der Waals surface area contributed by atoms with Crippen LogP contribution in [0.15, 0.2) is 41.6 Å². The number of carbonyl (C=O) groups is 3. The highest BCUT2D eigenvalue weighted by atomic mass is 16.7. The van der Waals surface area contributed by atoms with Gasteiger partial charge in [-0.3, -0.25) is 9.59 Å². The maximum atomic E-state index is 12.7. The summed E-state index contributed by atoms with van der Waals surface area (Å²) in [5.74, 6) is -2.98. The van der Waals surface area contributed by atoms with E-state index in [1.807, 2.05) is 18.2 Å². The van der Waals surface area contributed by atoms with Crippen molar-refractivity contribution in [2.75, 3.05) is 20.8 Å². The molecule has 0 aliphatic heterocycles. The molecule has 0 aromatic heterocycles. The van der Waals surface area contributed by atoms with E-state index in [-0.39, 0.29) is 24.5 Å². The van der Waals surface area contributed by atoms with Gasteiger partial charge < -0.3 is 24.3 Å². The Labute approximate surface area is 164 Å². The van der Waals surface area contributed by atoms with E-state index in [9.17, 15) is 14.4 Å². The first-order valence-electron chi connectivity index (χ1n) is 8.80. The van der Waals surface area contributed by atoms with Gasteiger partial charge in [0.05, 0.1) is 12.5 Å². The summed E-state index contributed by atoms with van der Waals surface area (Å²) in [6, 6.07) is 9.03. The van der Waals surface area contributed by atoms with Crippen LogP contribution in [-0.4, -0.2) is 45.0 Å². The van der Waals surface area contributed by atoms with Crippen LogP contribution in [0.2, 0.25) is 0 Å². The summed E-state index contributed by atoms with van der Waals surface area (Å²) in [5, 5.41) is 2.77. The lowest BCUT2D eigenvalue weighted by Crippen LogP contribution is -2.39. The first kappa shape index (κ1) is 23.3. The number of carbonyl (C=O) groups excluding carboxylic acids is 3. The van der Waals surface area contributed by atoms with Crippen molar-refractivity contribution in [2.24, 2.45) is 5.92 Å². The Bertz CT molecular complexity index is 696. The van der Waals surface area contributed by atoms with Gasteiger partial charge in [-0.05, 0) is 26.3 Å². The summed E-state index contributed by atoms with van der Waals surface area (Å²) in [6.07, 6.45) is -0.983. The van der Waals surface area contributed by atoms with Gasteiger partial charge in [0.25, 0.3) is 0 Å². The van der Waals surface area contributed by atoms with E-state index < -0.39 is 30.1 Å². The molecule has 0 fully saturated rings. The number of Topliss-reactive ketones (excluding diaryl/α,β-unsaturated/α-hetero) is 1. The molecule has 0 amide bonds. The third kappa shape index (κ3) is 6.79. The van der Waals surface area contributed by atoms with Crippen molar-refractivity contribution in [1.29, 1.82) is 0 Å². The zero-order valence-electron chi connectivity index (χ0n) is 16.8. The molecule has 1 rings (SSSR count). The molecule has 0 bridgehead atoms. The molecule has 0 heterocycles. The van der Waals surface area contributed by atoms with Crippen molar-refractivity contribution < 1.29 is 33.3 Å². The number of hydrogen-bond acceptors (Lipinski definition) is 8. The van der Waals surface area contributed by atoms with Crippen LogP contribution in [-0.2, 0) is 39.9 Å². The Balaban J connectivity index is 3.23. The van der Waals surface area contributed by atoms with Gasteiger partial charge in [-0.1, -0.05) is 30.3 Å². The molecule has 0 saturated heterocycles. The molecule has 1 atom stereocenters. The molecule has 0 saturated carbocycles. The third-order valence-corrected chi connectivity index (χ3v) is 3.81. The zero-order valence-corrected chi connectivity index (χ0v) is 16.8. The maximum Gasteiger partial charge on any atom is 0.343 e. The van der Waals surface area contributed by atoms with Crippen LogP contribution in [0.1, 0.15) is 26.3 Å². The van der Waals surface area contributed by atoms with Gasteiger partial charge in [-0.15, -0.1) is 0 Å². The monoisotopic (exact) mass is 393 g/mol. The maximum absolute atomic E-state index is 12.7. The Morgan fingerprint density at radius 1 is 1.04 bits per heavy atom. The lowest BCUT2D eigenvalue weighted by atomic mass is 10.00. The summed E-state index contributed by atoms with van der Waals surface area (Å²) >= 11 is 0. The second-order valence-corrected chi connectivity index (χ2v) is 5.83. The fourth-order valence-electron chi connectivity index (χ4n) is 2.38. The van der Waals surface area contributed by atoms with E-state index in [4.69, 9.17) is 18.9 Å². The number of nitrogens with one attached hydrogen (secondary N) is 1. The van der Waals surface area contributed by atoms with Crippen molar-refractivity contribution in [2.45, 2.75) is 33.8 Å². The number of rotatable bonds is 11. The highest BCUT2D eigenvalue weighted by Crippen LogP contribution is 2.19. The molecule has 8 nitrogen and oxygen atoms in total. The lowest BCUT2D eigenvalue weighted by molar-refractivity contribution is -0.147. The molecule has 154 valence electrons. The standard InChI is InChI=1S/C20H27NO7/c1-6-27-18(23)13(2)17(21-20(25-4)26-5)16(14(3)22)19(24)28-12-15-10-8-7-9-11-15/h7-11,13,20-21H,6,12H2,1-5H3. The van der Waals surface area contributed by atoms with Gasteiger partial charge in [0.2, 0.25) is 6.41 Å². The molecule has 1 unspecified atom stereocenters. The molecule has 1 N–H and O–H groups in total. The second-order valence-electron chi connectivity index (χ2n) is 5.83. The Morgan fingerprint density at radius 2 is 1.64 bits per heavy atom. The van der Waals surface area contributed by atoms with Crippen LogP contribution < -0.4 is 5.32 Å². The predicted molar refractivity (Wildman–Crippen MR) is 101 cm³/mol. The molecule has 28 heavy (non-hydrogen) atoms. The molecule has 0 radical (unpaired) electrons. The third-order valence-electron chi connectivity index (χ3n) is 3.81. The van der Waals surface area contributed by atoms with Crippen LogP contribution in [0.5, 0.6) is 0 Å². The number of ether oxygens (including phenoxy) is 4. The average molecular weight is 393 g/mol. The molecule has 0 aliphatic carbocycles. The van der Waals surface area contributed by atoms with Crippen LogP contribution in [0, 0.1) is 5.92 Å². The highest BCUT2D eigenvalue weighted by Gasteiger charge is 2.31. The fraction of sp³-hybridized carbons (Fsp3) is 0.450. The number of hydrogen-bond donors (Lipinski definition) is 1. The average Bonchev–Trinajstić information content (AvgIpc) is 2.69. The van der Waals surface area contributed by atoms with E-state index in [1.54, 1.807) is 19.1 Å². The molecule has 1 aromatic rings. The van der Waals surface area contributed by atoms with Gasteiger partial charge >= 0.3 is 11.9 Å². The molecule has 0 spiro atoms. The summed E-state index contributed by atoms with van der Waals surface area (Å²) in [6.45, 7) is 4.52. The largest absolute Gasteiger partial charge is 0.465 e. The highest BCUT2D eigenvalue weighted by molar-refractivity contribution is 6.17. The Morgan fingerprint density at radius 3 is 2.14 bits per heavy atom.